The van der Waals surface area contributed by atoms with E-state index in [0.717, 1.165) is 41.4 Å². The molecule has 2 heterocycles. The summed E-state index contributed by atoms with van der Waals surface area (Å²) in [6.07, 6.45) is 7.43. The molecule has 0 aromatic rings. The van der Waals surface area contributed by atoms with Gasteiger partial charge in [0.1, 0.15) is 0 Å². The number of amides is 2. The summed E-state index contributed by atoms with van der Waals surface area (Å²) in [6, 6.07) is 0. The van der Waals surface area contributed by atoms with Crippen LogP contribution in [0.15, 0.2) is 0 Å². The van der Waals surface area contributed by atoms with Crippen LogP contribution in [0.4, 0.5) is 0 Å². The number of likely N-dealkylation sites (tertiary alicyclic amines) is 1. The van der Waals surface area contributed by atoms with E-state index in [1.807, 2.05) is 0 Å². The monoisotopic (exact) mass is 662 g/mol. The van der Waals surface area contributed by atoms with Crippen molar-refractivity contribution in [1.82, 2.24) is 4.90 Å². The molecule has 0 aromatic carbocycles. The van der Waals surface area contributed by atoms with Gasteiger partial charge in [-0.3, -0.25) is 24.1 Å². The highest BCUT2D eigenvalue weighted by Gasteiger charge is 2.65. The lowest BCUT2D eigenvalue weighted by molar-refractivity contribution is -0.153. The molecule has 46 heavy (non-hydrogen) atoms. The van der Waals surface area contributed by atoms with Crippen LogP contribution in [0.2, 0.25) is 0 Å². The van der Waals surface area contributed by atoms with Crippen LogP contribution in [0.1, 0.15) is 161 Å². The van der Waals surface area contributed by atoms with Crippen LogP contribution in [-0.2, 0) is 23.9 Å². The van der Waals surface area contributed by atoms with E-state index in [-0.39, 0.29) is 102 Å². The van der Waals surface area contributed by atoms with Gasteiger partial charge in [0.05, 0.1) is 11.8 Å². The maximum Gasteiger partial charge on any atom is 0.317 e. The third-order valence-electron chi connectivity index (χ3n) is 11.6. The molecule has 12 unspecified atom stereocenters. The van der Waals surface area contributed by atoms with Gasteiger partial charge in [-0.2, -0.15) is 0 Å². The quantitative estimate of drug-likeness (QED) is 0.171. The number of rotatable bonds is 3. The third kappa shape index (κ3) is 10.1. The zero-order chi connectivity index (χ0) is 28.0. The van der Waals surface area contributed by atoms with Gasteiger partial charge >= 0.3 is 11.9 Å². The number of hydrogen-bond acceptors (Lipinski definition) is 5. The van der Waals surface area contributed by atoms with Crippen LogP contribution in [0, 0.1) is 70.5 Å². The van der Waals surface area contributed by atoms with Crippen LogP contribution in [0.5, 0.6) is 0 Å². The number of ether oxygens (including phenoxy) is 1. The van der Waals surface area contributed by atoms with Crippen molar-refractivity contribution in [2.75, 3.05) is 7.05 Å². The Hall–Kier alpha value is -1.72. The molecule has 0 spiro atoms. The summed E-state index contributed by atoms with van der Waals surface area (Å²) < 4.78 is 4.31. The Labute approximate surface area is 291 Å². The topological polar surface area (TPSA) is 80.8 Å². The van der Waals surface area contributed by atoms with Crippen molar-refractivity contribution in [1.29, 1.82) is 0 Å². The maximum atomic E-state index is 11.0. The number of carbonyl (C=O) groups excluding carboxylic acids is 4. The van der Waals surface area contributed by atoms with Crippen molar-refractivity contribution in [2.24, 2.45) is 70.5 Å². The van der Waals surface area contributed by atoms with E-state index >= 15 is 0 Å². The summed E-state index contributed by atoms with van der Waals surface area (Å²) >= 11 is 0. The lowest BCUT2D eigenvalue weighted by Crippen LogP contribution is -2.41. The fourth-order valence-electron chi connectivity index (χ4n) is 8.58. The number of carbonyl (C=O) groups is 4. The molecular formula is C40H87NO5. The van der Waals surface area contributed by atoms with E-state index < -0.39 is 11.9 Å². The lowest BCUT2D eigenvalue weighted by atomic mass is 9.58. The van der Waals surface area contributed by atoms with Crippen molar-refractivity contribution in [2.45, 2.75) is 161 Å². The summed E-state index contributed by atoms with van der Waals surface area (Å²) in [5.74, 6) is 5.74. The molecular weight excluding hydrogens is 574 g/mol. The molecule has 0 N–H and O–H groups in total. The molecule has 282 valence electrons. The molecule has 3 saturated carbocycles. The van der Waals surface area contributed by atoms with Crippen LogP contribution >= 0.6 is 0 Å². The molecule has 5 fully saturated rings. The van der Waals surface area contributed by atoms with Gasteiger partial charge in [0, 0.05) is 18.9 Å². The zero-order valence-corrected chi connectivity index (χ0v) is 24.9. The van der Waals surface area contributed by atoms with Crippen molar-refractivity contribution < 1.29 is 23.9 Å². The Morgan fingerprint density at radius 1 is 0.674 bits per heavy atom. The first kappa shape index (κ1) is 59.7. The molecule has 12 atom stereocenters. The fraction of sp³-hybridized carbons (Fsp3) is 0.900. The second-order valence-electron chi connectivity index (χ2n) is 13.2. The first-order chi connectivity index (χ1) is 17.2. The maximum absolute atomic E-state index is 11.0. The van der Waals surface area contributed by atoms with E-state index in [1.54, 1.807) is 40.5 Å². The zero-order valence-electron chi connectivity index (χ0n) is 24.9. The molecule has 3 aliphatic carbocycles. The summed E-state index contributed by atoms with van der Waals surface area (Å²) in [5, 5.41) is 0. The lowest BCUT2D eigenvalue weighted by Gasteiger charge is -2.47. The molecule has 6 heteroatoms. The van der Waals surface area contributed by atoms with Crippen molar-refractivity contribution in [3.8, 4) is 0 Å². The average Bonchev–Trinajstić information content (AvgIpc) is 3.59. The molecule has 2 amide bonds. The highest BCUT2D eigenvalue weighted by atomic mass is 16.6. The fourth-order valence-corrected chi connectivity index (χ4v) is 8.58. The number of esters is 2. The van der Waals surface area contributed by atoms with Crippen LogP contribution < -0.4 is 0 Å². The Kier molecular flexibility index (Phi) is 29.6. The van der Waals surface area contributed by atoms with Gasteiger partial charge in [-0.15, -0.1) is 0 Å². The second-order valence-corrected chi connectivity index (χ2v) is 13.2. The van der Waals surface area contributed by atoms with Gasteiger partial charge in [0.25, 0.3) is 0 Å². The summed E-state index contributed by atoms with van der Waals surface area (Å²) in [4.78, 5) is 44.4. The Balaban J connectivity index is -0.0000000964. The normalized spacial score (nSPS) is 36.9. The standard InChI is InChI=1S/C18H32.C7H11NO2.C6H8O3.9CH4/c1-6-8-13-9-11(3)16-14-10-15(17(13)16)18(5,7-2)12(14)4;1-4-5(2)7(10)8(3)6(4)9;1-3-4(2)6(8)9-5(3)7;;;;;;;;;/h11-17H,6-10H2,1-5H3;4-5H,1-3H3;3-4H,1-2H3;9*1H4. The minimum atomic E-state index is -0.396. The number of cyclic esters (lactones) is 2. The molecule has 5 aliphatic rings. The van der Waals surface area contributed by atoms with Gasteiger partial charge in [-0.25, -0.2) is 0 Å². The SMILES string of the molecule is C.C.C.C.C.C.C.C.C.CC1C(=O)N(C)C(=O)C1C.CC1C(=O)OC(=O)C1C.CCCC1CC(C)C2C3CC(C12)C(C)(CC)C3C. The smallest absolute Gasteiger partial charge is 0.317 e. The number of fused-ring (bicyclic) bond motifs is 5. The van der Waals surface area contributed by atoms with Gasteiger partial charge in [0.2, 0.25) is 11.8 Å². The third-order valence-corrected chi connectivity index (χ3v) is 11.6. The summed E-state index contributed by atoms with van der Waals surface area (Å²) in [7, 11) is 1.53. The Morgan fingerprint density at radius 3 is 1.37 bits per heavy atom. The van der Waals surface area contributed by atoms with Crippen molar-refractivity contribution >= 4 is 23.8 Å². The molecule has 2 saturated heterocycles. The van der Waals surface area contributed by atoms with E-state index in [4.69, 9.17) is 0 Å². The second kappa shape index (κ2) is 22.8. The Morgan fingerprint density at radius 2 is 1.09 bits per heavy atom. The minimum absolute atomic E-state index is 0. The number of imide groups is 1. The summed E-state index contributed by atoms with van der Waals surface area (Å²) in [6.45, 7) is 19.5. The molecule has 0 aromatic heterocycles. The number of hydrogen-bond donors (Lipinski definition) is 0. The molecule has 6 nitrogen and oxygen atoms in total. The molecule has 0 radical (unpaired) electrons. The number of nitrogens with zero attached hydrogens (tertiary/aromatic N) is 1. The van der Waals surface area contributed by atoms with Gasteiger partial charge < -0.3 is 4.74 Å². The highest BCUT2D eigenvalue weighted by Crippen LogP contribution is 2.71. The first-order valence-corrected chi connectivity index (χ1v) is 14.8. The molecule has 5 rings (SSSR count). The first-order valence-electron chi connectivity index (χ1n) is 14.8. The largest absolute Gasteiger partial charge is 0.393 e. The van der Waals surface area contributed by atoms with Crippen molar-refractivity contribution in [3.63, 3.8) is 0 Å². The van der Waals surface area contributed by atoms with Gasteiger partial charge in [0.15, 0.2) is 0 Å². The van der Waals surface area contributed by atoms with E-state index in [1.165, 1.54) is 31.2 Å². The predicted molar refractivity (Wildman–Crippen MR) is 204 cm³/mol. The van der Waals surface area contributed by atoms with E-state index in [0.29, 0.717) is 5.41 Å². The summed E-state index contributed by atoms with van der Waals surface area (Å²) in [5.41, 5.74) is 0.669. The van der Waals surface area contributed by atoms with Gasteiger partial charge in [-0.05, 0) is 59.7 Å². The van der Waals surface area contributed by atoms with Crippen LogP contribution in [-0.4, -0.2) is 35.7 Å². The van der Waals surface area contributed by atoms with Crippen LogP contribution in [0.3, 0.4) is 0 Å². The molecule has 2 aliphatic heterocycles. The van der Waals surface area contributed by atoms with Crippen LogP contribution in [0.25, 0.3) is 0 Å². The minimum Gasteiger partial charge on any atom is -0.393 e. The van der Waals surface area contributed by atoms with E-state index in [9.17, 15) is 19.2 Å². The van der Waals surface area contributed by atoms with Crippen molar-refractivity contribution in [3.05, 3.63) is 0 Å². The van der Waals surface area contributed by atoms with Gasteiger partial charge in [-0.1, -0.05) is 148 Å². The predicted octanol–water partition coefficient (Wildman–Crippen LogP) is 11.7. The average molecular weight is 662 g/mol. The van der Waals surface area contributed by atoms with E-state index in [2.05, 4.69) is 39.4 Å². The molecule has 2 bridgehead atoms. The Bertz CT molecular complexity index is 864. The highest BCUT2D eigenvalue weighted by molar-refractivity contribution is 6.04.